The van der Waals surface area contributed by atoms with Crippen LogP contribution in [0.15, 0.2) is 29.2 Å². The quantitative estimate of drug-likeness (QED) is 0.642. The molecule has 112 valence electrons. The van der Waals surface area contributed by atoms with Gasteiger partial charge in [-0.3, -0.25) is 0 Å². The van der Waals surface area contributed by atoms with Crippen LogP contribution >= 0.6 is 11.8 Å². The van der Waals surface area contributed by atoms with Crippen LogP contribution in [0.25, 0.3) is 0 Å². The van der Waals surface area contributed by atoms with Crippen molar-refractivity contribution in [3.8, 4) is 0 Å². The number of carbonyl (C=O) groups excluding carboxylic acids is 1. The predicted octanol–water partition coefficient (Wildman–Crippen LogP) is 1.92. The fourth-order valence-electron chi connectivity index (χ4n) is 1.20. The topological polar surface area (TPSA) is 92.8 Å². The van der Waals surface area contributed by atoms with Gasteiger partial charge in [-0.25, -0.2) is 10.3 Å². The normalized spacial score (nSPS) is 11.2. The second-order valence-corrected chi connectivity index (χ2v) is 4.68. The van der Waals surface area contributed by atoms with Crippen molar-refractivity contribution < 1.29 is 22.8 Å². The number of halogens is 3. The molecule has 0 aliphatic carbocycles. The molecule has 2 N–H and O–H groups in total. The number of tetrazole rings is 1. The first kappa shape index (κ1) is 15.1. The molecular formula is C10H8F3N5O2S. The van der Waals surface area contributed by atoms with Gasteiger partial charge in [-0.2, -0.15) is 18.4 Å². The van der Waals surface area contributed by atoms with Gasteiger partial charge in [0.05, 0.1) is 11.4 Å². The monoisotopic (exact) mass is 319 g/mol. The average Bonchev–Trinajstić information content (AvgIpc) is 2.95. The van der Waals surface area contributed by atoms with Gasteiger partial charge in [0.1, 0.15) is 0 Å². The second kappa shape index (κ2) is 6.43. The highest BCUT2D eigenvalue weighted by Gasteiger charge is 2.41. The summed E-state index contributed by atoms with van der Waals surface area (Å²) in [6, 6.07) is 6.32. The van der Waals surface area contributed by atoms with Crippen LogP contribution < -0.4 is 5.48 Å². The lowest BCUT2D eigenvalue weighted by molar-refractivity contribution is -0.196. The van der Waals surface area contributed by atoms with E-state index < -0.39 is 12.1 Å². The number of nitrogens with one attached hydrogen (secondary N) is 2. The highest BCUT2D eigenvalue weighted by Crippen LogP contribution is 2.24. The molecule has 1 aromatic carbocycles. The molecule has 1 aromatic heterocycles. The SMILES string of the molecule is O=C(ONc1cccc(SCc2nn[nH]n2)c1)C(F)(F)F. The molecule has 1 heterocycles. The van der Waals surface area contributed by atoms with E-state index in [1.54, 1.807) is 12.1 Å². The summed E-state index contributed by atoms with van der Waals surface area (Å²) in [5.41, 5.74) is 2.17. The Balaban J connectivity index is 1.90. The highest BCUT2D eigenvalue weighted by molar-refractivity contribution is 7.98. The van der Waals surface area contributed by atoms with Crippen LogP contribution in [0.2, 0.25) is 0 Å². The third-order valence-electron chi connectivity index (χ3n) is 2.08. The molecular weight excluding hydrogens is 311 g/mol. The minimum absolute atomic E-state index is 0.214. The number of aromatic nitrogens is 4. The second-order valence-electron chi connectivity index (χ2n) is 3.63. The number of thioether (sulfide) groups is 1. The van der Waals surface area contributed by atoms with Gasteiger partial charge in [0.2, 0.25) is 0 Å². The molecule has 7 nitrogen and oxygen atoms in total. The zero-order valence-corrected chi connectivity index (χ0v) is 11.0. The van der Waals surface area contributed by atoms with E-state index in [2.05, 4.69) is 25.5 Å². The summed E-state index contributed by atoms with van der Waals surface area (Å²) in [6.45, 7) is 0. The van der Waals surface area contributed by atoms with Crippen molar-refractivity contribution in [2.75, 3.05) is 5.48 Å². The molecule has 0 bridgehead atoms. The van der Waals surface area contributed by atoms with E-state index in [-0.39, 0.29) is 5.69 Å². The smallest absolute Gasteiger partial charge is 0.335 e. The Bertz CT molecular complexity index is 605. The van der Waals surface area contributed by atoms with Gasteiger partial charge in [-0.05, 0) is 18.2 Å². The maximum atomic E-state index is 12.0. The summed E-state index contributed by atoms with van der Waals surface area (Å²) in [5.74, 6) is -1.39. The lowest BCUT2D eigenvalue weighted by Crippen LogP contribution is -2.27. The van der Waals surface area contributed by atoms with Gasteiger partial charge in [-0.15, -0.1) is 22.0 Å². The number of nitrogens with zero attached hydrogens (tertiary/aromatic N) is 3. The molecule has 0 fully saturated rings. The fraction of sp³-hybridized carbons (Fsp3) is 0.200. The standard InChI is InChI=1S/C10H8F3N5O2S/c11-10(12,13)9(19)20-16-6-2-1-3-7(4-6)21-5-8-14-17-18-15-8/h1-4,16H,5H2,(H,14,15,17,18). The van der Waals surface area contributed by atoms with E-state index in [1.165, 1.54) is 23.9 Å². The van der Waals surface area contributed by atoms with Crippen LogP contribution in [-0.4, -0.2) is 32.8 Å². The number of carbonyl (C=O) groups is 1. The molecule has 0 atom stereocenters. The van der Waals surface area contributed by atoms with E-state index in [0.717, 1.165) is 4.90 Å². The van der Waals surface area contributed by atoms with E-state index >= 15 is 0 Å². The van der Waals surface area contributed by atoms with Crippen molar-refractivity contribution in [3.63, 3.8) is 0 Å². The minimum Gasteiger partial charge on any atom is -0.335 e. The van der Waals surface area contributed by atoms with Crippen LogP contribution in [0.4, 0.5) is 18.9 Å². The van der Waals surface area contributed by atoms with Crippen molar-refractivity contribution in [2.45, 2.75) is 16.8 Å². The summed E-state index contributed by atoms with van der Waals surface area (Å²) in [7, 11) is 0. The van der Waals surface area contributed by atoms with Gasteiger partial charge >= 0.3 is 12.1 Å². The van der Waals surface area contributed by atoms with Gasteiger partial charge in [-0.1, -0.05) is 11.3 Å². The average molecular weight is 319 g/mol. The van der Waals surface area contributed by atoms with Crippen LogP contribution in [0.3, 0.4) is 0 Å². The summed E-state index contributed by atoms with van der Waals surface area (Å²) < 4.78 is 35.9. The molecule has 2 rings (SSSR count). The third kappa shape index (κ3) is 4.63. The van der Waals surface area contributed by atoms with Gasteiger partial charge < -0.3 is 4.84 Å². The molecule has 0 amide bonds. The molecule has 0 saturated carbocycles. The number of rotatable bonds is 5. The number of alkyl halides is 3. The molecule has 0 aliphatic heterocycles. The first-order chi connectivity index (χ1) is 9.95. The largest absolute Gasteiger partial charge is 0.493 e. The Labute approximate surface area is 120 Å². The summed E-state index contributed by atoms with van der Waals surface area (Å²) in [5, 5.41) is 13.2. The van der Waals surface area contributed by atoms with E-state index in [0.29, 0.717) is 11.6 Å². The summed E-state index contributed by atoms with van der Waals surface area (Å²) in [4.78, 5) is 15.2. The number of hydrogen-bond acceptors (Lipinski definition) is 7. The number of hydrogen-bond donors (Lipinski definition) is 2. The minimum atomic E-state index is -5.04. The van der Waals surface area contributed by atoms with Crippen molar-refractivity contribution in [1.29, 1.82) is 0 Å². The van der Waals surface area contributed by atoms with Crippen molar-refractivity contribution in [1.82, 2.24) is 20.6 Å². The Kier molecular flexibility index (Phi) is 4.62. The zero-order chi connectivity index (χ0) is 15.3. The predicted molar refractivity (Wildman–Crippen MR) is 66.0 cm³/mol. The van der Waals surface area contributed by atoms with E-state index in [1.807, 2.05) is 5.48 Å². The number of H-pyrrole nitrogens is 1. The Hall–Kier alpha value is -2.30. The van der Waals surface area contributed by atoms with Crippen molar-refractivity contribution >= 4 is 23.4 Å². The zero-order valence-electron chi connectivity index (χ0n) is 10.2. The maximum Gasteiger partial charge on any atom is 0.493 e. The lowest BCUT2D eigenvalue weighted by atomic mass is 10.3. The third-order valence-corrected chi connectivity index (χ3v) is 3.07. The number of benzene rings is 1. The summed E-state index contributed by atoms with van der Waals surface area (Å²) in [6.07, 6.45) is -5.04. The Morgan fingerprint density at radius 1 is 1.43 bits per heavy atom. The Morgan fingerprint density at radius 2 is 2.24 bits per heavy atom. The van der Waals surface area contributed by atoms with Gasteiger partial charge in [0.15, 0.2) is 5.82 Å². The van der Waals surface area contributed by atoms with Crippen LogP contribution in [0.5, 0.6) is 0 Å². The molecule has 2 aromatic rings. The first-order valence-corrected chi connectivity index (χ1v) is 6.43. The first-order valence-electron chi connectivity index (χ1n) is 5.44. The van der Waals surface area contributed by atoms with Crippen LogP contribution in [-0.2, 0) is 15.4 Å². The molecule has 0 aliphatic rings. The summed E-state index contributed by atoms with van der Waals surface area (Å²) >= 11 is 1.34. The maximum absolute atomic E-state index is 12.0. The van der Waals surface area contributed by atoms with Crippen LogP contribution in [0, 0.1) is 0 Å². The van der Waals surface area contributed by atoms with Gasteiger partial charge in [0, 0.05) is 4.90 Å². The highest BCUT2D eigenvalue weighted by atomic mass is 32.2. The van der Waals surface area contributed by atoms with Gasteiger partial charge in [0.25, 0.3) is 0 Å². The molecule has 11 heteroatoms. The molecule has 0 radical (unpaired) electrons. The van der Waals surface area contributed by atoms with Crippen molar-refractivity contribution in [2.24, 2.45) is 0 Å². The van der Waals surface area contributed by atoms with E-state index in [4.69, 9.17) is 0 Å². The molecule has 0 saturated heterocycles. The molecule has 21 heavy (non-hydrogen) atoms. The van der Waals surface area contributed by atoms with E-state index in [9.17, 15) is 18.0 Å². The Morgan fingerprint density at radius 3 is 2.90 bits per heavy atom. The lowest BCUT2D eigenvalue weighted by Gasteiger charge is -2.09. The number of anilines is 1. The number of aromatic amines is 1. The van der Waals surface area contributed by atoms with Crippen LogP contribution in [0.1, 0.15) is 5.82 Å². The fourth-order valence-corrected chi connectivity index (χ4v) is 2.01. The molecule has 0 spiro atoms. The molecule has 0 unspecified atom stereocenters. The van der Waals surface area contributed by atoms with Crippen molar-refractivity contribution in [3.05, 3.63) is 30.1 Å².